The summed E-state index contributed by atoms with van der Waals surface area (Å²) in [5.74, 6) is -0.0787. The van der Waals surface area contributed by atoms with Gasteiger partial charge in [-0.2, -0.15) is 0 Å². The first kappa shape index (κ1) is 12.1. The molecule has 62 valence electrons. The molecule has 0 aromatic carbocycles. The van der Waals surface area contributed by atoms with Gasteiger partial charge in [0.1, 0.15) is 0 Å². The zero-order valence-electron chi connectivity index (χ0n) is 6.46. The predicted octanol–water partition coefficient (Wildman–Crippen LogP) is 0.142. The number of carbonyl (C=O) groups is 2. The number of carbonyl (C=O) groups excluding carboxylic acids is 2. The SMILES string of the molecule is C=CNC(C)=O.C=CNC=O. The number of hydrogen-bond acceptors (Lipinski definition) is 2. The molecule has 0 atom stereocenters. The molecular weight excluding hydrogens is 144 g/mol. The van der Waals surface area contributed by atoms with E-state index in [4.69, 9.17) is 0 Å². The molecule has 2 N–H and O–H groups in total. The number of hydrogen-bond donors (Lipinski definition) is 2. The van der Waals surface area contributed by atoms with E-state index in [2.05, 4.69) is 23.8 Å². The van der Waals surface area contributed by atoms with Crippen molar-refractivity contribution in [3.05, 3.63) is 25.6 Å². The van der Waals surface area contributed by atoms with Gasteiger partial charge in [0.25, 0.3) is 0 Å². The molecule has 0 rings (SSSR count). The van der Waals surface area contributed by atoms with Crippen molar-refractivity contribution in [3.63, 3.8) is 0 Å². The van der Waals surface area contributed by atoms with Crippen LogP contribution >= 0.6 is 0 Å². The molecule has 0 aromatic rings. The molecule has 0 aliphatic rings. The molecule has 0 heterocycles. The molecule has 0 bridgehead atoms. The summed E-state index contributed by atoms with van der Waals surface area (Å²) in [5.41, 5.74) is 0. The largest absolute Gasteiger partial charge is 0.336 e. The van der Waals surface area contributed by atoms with Gasteiger partial charge in [-0.3, -0.25) is 9.59 Å². The Hall–Kier alpha value is -1.58. The quantitative estimate of drug-likeness (QED) is 0.571. The molecule has 0 fully saturated rings. The van der Waals surface area contributed by atoms with Gasteiger partial charge in [0, 0.05) is 6.92 Å². The third-order valence-corrected chi connectivity index (χ3v) is 0.491. The number of amides is 2. The summed E-state index contributed by atoms with van der Waals surface area (Å²) in [6, 6.07) is 0. The average molecular weight is 156 g/mol. The maximum Gasteiger partial charge on any atom is 0.220 e. The summed E-state index contributed by atoms with van der Waals surface area (Å²) in [7, 11) is 0. The van der Waals surface area contributed by atoms with Gasteiger partial charge in [0.2, 0.25) is 12.3 Å². The van der Waals surface area contributed by atoms with E-state index in [1.54, 1.807) is 0 Å². The van der Waals surface area contributed by atoms with Gasteiger partial charge in [-0.1, -0.05) is 13.2 Å². The third-order valence-electron chi connectivity index (χ3n) is 0.491. The maximum atomic E-state index is 9.86. The van der Waals surface area contributed by atoms with Gasteiger partial charge in [-0.15, -0.1) is 0 Å². The fraction of sp³-hybridized carbons (Fsp3) is 0.143. The van der Waals surface area contributed by atoms with Crippen LogP contribution in [0.15, 0.2) is 25.6 Å². The summed E-state index contributed by atoms with van der Waals surface area (Å²) >= 11 is 0. The lowest BCUT2D eigenvalue weighted by Crippen LogP contribution is -2.10. The first-order valence-electron chi connectivity index (χ1n) is 2.87. The lowest BCUT2D eigenvalue weighted by Gasteiger charge is -1.83. The van der Waals surface area contributed by atoms with E-state index in [1.807, 2.05) is 0 Å². The fourth-order valence-electron chi connectivity index (χ4n) is 0.192. The Kier molecular flexibility index (Phi) is 12.4. The van der Waals surface area contributed by atoms with Crippen LogP contribution in [0.5, 0.6) is 0 Å². The highest BCUT2D eigenvalue weighted by Crippen LogP contribution is 1.54. The molecule has 11 heavy (non-hydrogen) atoms. The third kappa shape index (κ3) is 29.7. The fourth-order valence-corrected chi connectivity index (χ4v) is 0.192. The molecule has 0 aliphatic heterocycles. The van der Waals surface area contributed by atoms with E-state index in [9.17, 15) is 9.59 Å². The van der Waals surface area contributed by atoms with Crippen LogP contribution in [0, 0.1) is 0 Å². The van der Waals surface area contributed by atoms with Crippen molar-refractivity contribution in [1.29, 1.82) is 0 Å². The van der Waals surface area contributed by atoms with Crippen LogP contribution in [0.25, 0.3) is 0 Å². The van der Waals surface area contributed by atoms with Crippen molar-refractivity contribution in [2.24, 2.45) is 0 Å². The van der Waals surface area contributed by atoms with Crippen molar-refractivity contribution < 1.29 is 9.59 Å². The summed E-state index contributed by atoms with van der Waals surface area (Å²) in [5, 5.41) is 4.53. The summed E-state index contributed by atoms with van der Waals surface area (Å²) in [6.45, 7) is 7.91. The van der Waals surface area contributed by atoms with Crippen molar-refractivity contribution in [3.8, 4) is 0 Å². The maximum absolute atomic E-state index is 9.86. The Morgan fingerprint density at radius 3 is 1.91 bits per heavy atom. The van der Waals surface area contributed by atoms with Crippen LogP contribution in [-0.2, 0) is 9.59 Å². The normalized spacial score (nSPS) is 6.27. The van der Waals surface area contributed by atoms with Gasteiger partial charge < -0.3 is 10.6 Å². The second kappa shape index (κ2) is 11.2. The zero-order chi connectivity index (χ0) is 9.11. The van der Waals surface area contributed by atoms with E-state index in [1.165, 1.54) is 19.3 Å². The highest BCUT2D eigenvalue weighted by molar-refractivity contribution is 5.73. The number of nitrogens with one attached hydrogen (secondary N) is 2. The Morgan fingerprint density at radius 1 is 1.36 bits per heavy atom. The molecule has 0 aromatic heterocycles. The highest BCUT2D eigenvalue weighted by Gasteiger charge is 1.75. The highest BCUT2D eigenvalue weighted by atomic mass is 16.1. The Labute approximate surface area is 66.0 Å². The average Bonchev–Trinajstić information content (AvgIpc) is 1.90. The van der Waals surface area contributed by atoms with Crippen molar-refractivity contribution in [2.75, 3.05) is 0 Å². The minimum absolute atomic E-state index is 0.0787. The molecule has 2 amide bonds. The van der Waals surface area contributed by atoms with Crippen LogP contribution in [0.1, 0.15) is 6.92 Å². The van der Waals surface area contributed by atoms with Gasteiger partial charge >= 0.3 is 0 Å². The van der Waals surface area contributed by atoms with Crippen LogP contribution in [0.4, 0.5) is 0 Å². The smallest absolute Gasteiger partial charge is 0.220 e. The van der Waals surface area contributed by atoms with Gasteiger partial charge in [0.15, 0.2) is 0 Å². The molecule has 0 unspecified atom stereocenters. The summed E-state index contributed by atoms with van der Waals surface area (Å²) < 4.78 is 0. The van der Waals surface area contributed by atoms with Gasteiger partial charge in [0.05, 0.1) is 0 Å². The lowest BCUT2D eigenvalue weighted by atomic mass is 10.7. The Morgan fingerprint density at radius 2 is 1.91 bits per heavy atom. The monoisotopic (exact) mass is 156 g/mol. The molecule has 4 heteroatoms. The first-order valence-corrected chi connectivity index (χ1v) is 2.87. The summed E-state index contributed by atoms with van der Waals surface area (Å²) in [6.07, 6.45) is 3.22. The molecule has 0 aliphatic carbocycles. The van der Waals surface area contributed by atoms with Crippen LogP contribution in [-0.4, -0.2) is 12.3 Å². The van der Waals surface area contributed by atoms with Crippen LogP contribution in [0.3, 0.4) is 0 Å². The van der Waals surface area contributed by atoms with Gasteiger partial charge in [-0.05, 0) is 12.4 Å². The van der Waals surface area contributed by atoms with Crippen molar-refractivity contribution in [2.45, 2.75) is 6.92 Å². The van der Waals surface area contributed by atoms with Crippen LogP contribution < -0.4 is 10.6 Å². The molecule has 0 saturated heterocycles. The van der Waals surface area contributed by atoms with E-state index in [0.717, 1.165) is 0 Å². The van der Waals surface area contributed by atoms with Gasteiger partial charge in [-0.25, -0.2) is 0 Å². The molecular formula is C7H12N2O2. The van der Waals surface area contributed by atoms with Crippen molar-refractivity contribution in [1.82, 2.24) is 10.6 Å². The molecule has 0 saturated carbocycles. The van der Waals surface area contributed by atoms with E-state index in [0.29, 0.717) is 6.41 Å². The number of rotatable bonds is 3. The van der Waals surface area contributed by atoms with Crippen molar-refractivity contribution >= 4 is 12.3 Å². The minimum Gasteiger partial charge on any atom is -0.336 e. The minimum atomic E-state index is -0.0787. The Balaban J connectivity index is 0. The lowest BCUT2D eigenvalue weighted by molar-refractivity contribution is -0.118. The second-order valence-corrected chi connectivity index (χ2v) is 1.39. The topological polar surface area (TPSA) is 58.2 Å². The standard InChI is InChI=1S/C4H7NO.C3H5NO/c1-3-5-4(2)6;1-2-4-3-5/h3H,1H2,2H3,(H,5,6);2-3H,1H2,(H,4,5). The zero-order valence-corrected chi connectivity index (χ0v) is 6.46. The van der Waals surface area contributed by atoms with E-state index < -0.39 is 0 Å². The predicted molar refractivity (Wildman–Crippen MR) is 43.4 cm³/mol. The van der Waals surface area contributed by atoms with E-state index in [-0.39, 0.29) is 5.91 Å². The second-order valence-electron chi connectivity index (χ2n) is 1.39. The summed E-state index contributed by atoms with van der Waals surface area (Å²) in [4.78, 5) is 19.1. The van der Waals surface area contributed by atoms with Crippen LogP contribution in [0.2, 0.25) is 0 Å². The van der Waals surface area contributed by atoms with E-state index >= 15 is 0 Å². The Bertz CT molecular complexity index is 137. The molecule has 0 spiro atoms. The molecule has 4 nitrogen and oxygen atoms in total. The molecule has 0 radical (unpaired) electrons. The first-order chi connectivity index (χ1) is 5.18.